The fraction of sp³-hybridized carbons (Fsp3) is 0.158. The Labute approximate surface area is 160 Å². The molecule has 2 aromatic carbocycles. The minimum absolute atomic E-state index is 0.0336. The van der Waals surface area contributed by atoms with Gasteiger partial charge in [-0.1, -0.05) is 54.2 Å². The van der Waals surface area contributed by atoms with E-state index in [1.54, 1.807) is 12.1 Å². The Balaban J connectivity index is 1.69. The van der Waals surface area contributed by atoms with E-state index in [9.17, 15) is 9.18 Å². The van der Waals surface area contributed by atoms with Crippen molar-refractivity contribution in [2.24, 2.45) is 0 Å². The van der Waals surface area contributed by atoms with E-state index in [0.717, 1.165) is 17.3 Å². The Bertz CT molecular complexity index is 954. The van der Waals surface area contributed by atoms with E-state index in [4.69, 9.17) is 5.26 Å². The zero-order valence-electron chi connectivity index (χ0n) is 14.3. The molecule has 0 saturated carbocycles. The van der Waals surface area contributed by atoms with E-state index in [0.29, 0.717) is 11.0 Å². The van der Waals surface area contributed by atoms with Gasteiger partial charge in [-0.25, -0.2) is 9.37 Å². The van der Waals surface area contributed by atoms with Crippen LogP contribution in [0.5, 0.6) is 0 Å². The third kappa shape index (κ3) is 4.71. The minimum Gasteiger partial charge on any atom is -0.308 e. The number of nitriles is 1. The number of thioether (sulfide) groups is 1. The zero-order valence-corrected chi connectivity index (χ0v) is 15.1. The molecule has 1 amide bonds. The summed E-state index contributed by atoms with van der Waals surface area (Å²) in [5.41, 5.74) is 1.06. The number of aromatic nitrogens is 3. The lowest BCUT2D eigenvalue weighted by atomic mass is 10.2. The molecule has 136 valence electrons. The Morgan fingerprint density at radius 3 is 2.67 bits per heavy atom. The Morgan fingerprint density at radius 1 is 1.19 bits per heavy atom. The van der Waals surface area contributed by atoms with Crippen LogP contribution >= 0.6 is 11.8 Å². The lowest BCUT2D eigenvalue weighted by Crippen LogP contribution is -2.34. The molecule has 0 fully saturated rings. The van der Waals surface area contributed by atoms with E-state index in [2.05, 4.69) is 15.2 Å². The molecular weight excluding hydrogens is 365 g/mol. The highest BCUT2D eigenvalue weighted by molar-refractivity contribution is 7.99. The Morgan fingerprint density at radius 2 is 1.93 bits per heavy atom. The molecule has 3 aromatic rings. The average Bonchev–Trinajstić information content (AvgIpc) is 3.18. The van der Waals surface area contributed by atoms with Gasteiger partial charge in [-0.2, -0.15) is 5.26 Å². The van der Waals surface area contributed by atoms with Crippen LogP contribution in [0.15, 0.2) is 59.8 Å². The van der Waals surface area contributed by atoms with Gasteiger partial charge in [-0.15, -0.1) is 5.10 Å². The number of para-hydroxylation sites is 1. The summed E-state index contributed by atoms with van der Waals surface area (Å²) in [7, 11) is 0. The van der Waals surface area contributed by atoms with Crippen LogP contribution in [0.2, 0.25) is 0 Å². The van der Waals surface area contributed by atoms with E-state index >= 15 is 0 Å². The van der Waals surface area contributed by atoms with Gasteiger partial charge in [0.15, 0.2) is 5.82 Å². The van der Waals surface area contributed by atoms with Crippen LogP contribution in [0.25, 0.3) is 11.4 Å². The van der Waals surface area contributed by atoms with Crippen LogP contribution in [0.3, 0.4) is 0 Å². The number of aromatic amines is 1. The molecule has 0 spiro atoms. The minimum atomic E-state index is -0.502. The molecule has 0 aliphatic carbocycles. The standard InChI is InChI=1S/C19H16FN5OS/c20-15-9-4-5-10-16(15)25(12-6-11-21)17(26)13-27-19-22-18(23-24-19)14-7-2-1-3-8-14/h1-5,7-10H,6,12-13H2,(H,22,23,24). The third-order valence-electron chi connectivity index (χ3n) is 3.73. The van der Waals surface area contributed by atoms with Gasteiger partial charge in [0.1, 0.15) is 5.82 Å². The normalized spacial score (nSPS) is 10.4. The molecule has 3 rings (SSSR count). The second-order valence-electron chi connectivity index (χ2n) is 5.53. The van der Waals surface area contributed by atoms with E-state index < -0.39 is 5.82 Å². The number of hydrogen-bond acceptors (Lipinski definition) is 5. The molecule has 0 radical (unpaired) electrons. The number of carbonyl (C=O) groups excluding carboxylic acids is 1. The predicted molar refractivity (Wildman–Crippen MR) is 102 cm³/mol. The zero-order chi connectivity index (χ0) is 19.1. The molecular formula is C19H16FN5OS. The molecule has 0 bridgehead atoms. The van der Waals surface area contributed by atoms with Crippen LogP contribution in [-0.4, -0.2) is 33.4 Å². The van der Waals surface area contributed by atoms with Crippen LogP contribution in [-0.2, 0) is 4.79 Å². The van der Waals surface area contributed by atoms with Crippen LogP contribution in [0.4, 0.5) is 10.1 Å². The van der Waals surface area contributed by atoms with Gasteiger partial charge < -0.3 is 4.90 Å². The van der Waals surface area contributed by atoms with Gasteiger partial charge in [0.05, 0.1) is 23.9 Å². The molecule has 0 aliphatic rings. The number of anilines is 1. The highest BCUT2D eigenvalue weighted by Gasteiger charge is 2.19. The molecule has 1 aromatic heterocycles. The summed E-state index contributed by atoms with van der Waals surface area (Å²) in [6.07, 6.45) is 0.115. The van der Waals surface area contributed by atoms with Crippen molar-refractivity contribution < 1.29 is 9.18 Å². The number of benzene rings is 2. The number of nitrogens with zero attached hydrogens (tertiary/aromatic N) is 4. The van der Waals surface area contributed by atoms with Crippen molar-refractivity contribution in [3.63, 3.8) is 0 Å². The molecule has 0 unspecified atom stereocenters. The van der Waals surface area contributed by atoms with Gasteiger partial charge in [-0.3, -0.25) is 9.89 Å². The molecule has 0 aliphatic heterocycles. The summed E-state index contributed by atoms with van der Waals surface area (Å²) in [6.45, 7) is 0.125. The van der Waals surface area contributed by atoms with Crippen molar-refractivity contribution in [2.75, 3.05) is 17.2 Å². The quantitative estimate of drug-likeness (QED) is 0.632. The number of nitrogens with one attached hydrogen (secondary N) is 1. The van der Waals surface area contributed by atoms with E-state index in [-0.39, 0.29) is 30.3 Å². The summed E-state index contributed by atoms with van der Waals surface area (Å²) < 4.78 is 14.1. The number of rotatable bonds is 7. The number of amides is 1. The van der Waals surface area contributed by atoms with Crippen molar-refractivity contribution in [3.8, 4) is 17.5 Å². The van der Waals surface area contributed by atoms with Crippen LogP contribution in [0.1, 0.15) is 6.42 Å². The van der Waals surface area contributed by atoms with E-state index in [1.165, 1.54) is 17.0 Å². The Hall–Kier alpha value is -3.18. The maximum atomic E-state index is 14.1. The molecule has 6 nitrogen and oxygen atoms in total. The first-order valence-electron chi connectivity index (χ1n) is 8.21. The molecule has 1 N–H and O–H groups in total. The lowest BCUT2D eigenvalue weighted by Gasteiger charge is -2.21. The number of halogens is 1. The monoisotopic (exact) mass is 381 g/mol. The molecule has 0 atom stereocenters. The number of hydrogen-bond donors (Lipinski definition) is 1. The average molecular weight is 381 g/mol. The topological polar surface area (TPSA) is 85.7 Å². The fourth-order valence-corrected chi connectivity index (χ4v) is 3.13. The number of H-pyrrole nitrogens is 1. The predicted octanol–water partition coefficient (Wildman–Crippen LogP) is 3.65. The summed E-state index contributed by atoms with van der Waals surface area (Å²) >= 11 is 1.16. The number of carbonyl (C=O) groups is 1. The smallest absolute Gasteiger partial charge is 0.237 e. The first-order chi connectivity index (χ1) is 13.2. The van der Waals surface area contributed by atoms with Gasteiger partial charge in [0.2, 0.25) is 11.1 Å². The van der Waals surface area contributed by atoms with Gasteiger partial charge in [0.25, 0.3) is 0 Å². The molecule has 8 heteroatoms. The maximum Gasteiger partial charge on any atom is 0.237 e. The first kappa shape index (κ1) is 18.6. The lowest BCUT2D eigenvalue weighted by molar-refractivity contribution is -0.116. The second-order valence-corrected chi connectivity index (χ2v) is 6.47. The highest BCUT2D eigenvalue weighted by Crippen LogP contribution is 2.23. The molecule has 1 heterocycles. The van der Waals surface area contributed by atoms with Crippen molar-refractivity contribution in [3.05, 3.63) is 60.4 Å². The van der Waals surface area contributed by atoms with Crippen molar-refractivity contribution >= 4 is 23.4 Å². The van der Waals surface area contributed by atoms with E-state index in [1.807, 2.05) is 36.4 Å². The van der Waals surface area contributed by atoms with Gasteiger partial charge in [0, 0.05) is 12.1 Å². The SMILES string of the molecule is N#CCCN(C(=O)CSc1n[nH]c(-c2ccccc2)n1)c1ccccc1F. The second kappa shape index (κ2) is 8.96. The maximum absolute atomic E-state index is 14.1. The van der Waals surface area contributed by atoms with Crippen molar-refractivity contribution in [1.82, 2.24) is 15.2 Å². The molecule has 27 heavy (non-hydrogen) atoms. The molecule has 0 saturated heterocycles. The van der Waals surface area contributed by atoms with Crippen molar-refractivity contribution in [1.29, 1.82) is 5.26 Å². The summed E-state index contributed by atoms with van der Waals surface area (Å²) in [4.78, 5) is 18.3. The summed E-state index contributed by atoms with van der Waals surface area (Å²) in [6, 6.07) is 17.5. The van der Waals surface area contributed by atoms with Gasteiger partial charge >= 0.3 is 0 Å². The third-order valence-corrected chi connectivity index (χ3v) is 4.56. The summed E-state index contributed by atoms with van der Waals surface area (Å²) in [5, 5.41) is 16.2. The summed E-state index contributed by atoms with van der Waals surface area (Å²) in [5.74, 6) is -0.170. The van der Waals surface area contributed by atoms with Crippen LogP contribution in [0, 0.1) is 17.1 Å². The first-order valence-corrected chi connectivity index (χ1v) is 9.20. The largest absolute Gasteiger partial charge is 0.308 e. The van der Waals surface area contributed by atoms with Crippen molar-refractivity contribution in [2.45, 2.75) is 11.6 Å². The Kier molecular flexibility index (Phi) is 6.18. The fourth-order valence-electron chi connectivity index (χ4n) is 2.45. The van der Waals surface area contributed by atoms with Gasteiger partial charge in [-0.05, 0) is 12.1 Å². The van der Waals surface area contributed by atoms with Crippen LogP contribution < -0.4 is 4.90 Å². The highest BCUT2D eigenvalue weighted by atomic mass is 32.2.